The van der Waals surface area contributed by atoms with Gasteiger partial charge >= 0.3 is 6.18 Å². The minimum atomic E-state index is -4.60. The summed E-state index contributed by atoms with van der Waals surface area (Å²) < 4.78 is 65.4. The van der Waals surface area contributed by atoms with Crippen molar-refractivity contribution in [3.05, 3.63) is 42.5 Å². The van der Waals surface area contributed by atoms with Crippen LogP contribution >= 0.6 is 0 Å². The molecule has 23 heavy (non-hydrogen) atoms. The predicted molar refractivity (Wildman–Crippen MR) is 75.8 cm³/mol. The summed E-state index contributed by atoms with van der Waals surface area (Å²) in [7, 11) is -3.91. The van der Waals surface area contributed by atoms with Crippen LogP contribution in [0.5, 0.6) is 0 Å². The highest BCUT2D eigenvalue weighted by Gasteiger charge is 2.32. The minimum Gasteiger partial charge on any atom is -0.272 e. The van der Waals surface area contributed by atoms with Gasteiger partial charge in [-0.25, -0.2) is 13.1 Å². The van der Waals surface area contributed by atoms with Crippen molar-refractivity contribution in [3.8, 4) is 0 Å². The third kappa shape index (κ3) is 4.76. The van der Waals surface area contributed by atoms with Gasteiger partial charge in [0.1, 0.15) is 10.6 Å². The number of aromatic nitrogens is 3. The zero-order chi connectivity index (χ0) is 17.1. The molecule has 2 heterocycles. The van der Waals surface area contributed by atoms with Gasteiger partial charge in [0.15, 0.2) is 0 Å². The average Bonchev–Trinajstić information content (AvgIpc) is 2.97. The summed E-state index contributed by atoms with van der Waals surface area (Å²) in [5.41, 5.74) is -1.14. The lowest BCUT2D eigenvalue weighted by Gasteiger charge is -2.13. The highest BCUT2D eigenvalue weighted by molar-refractivity contribution is 7.89. The number of hydrogen-bond acceptors (Lipinski definition) is 4. The second-order valence-electron chi connectivity index (χ2n) is 5.06. The van der Waals surface area contributed by atoms with E-state index in [9.17, 15) is 21.6 Å². The van der Waals surface area contributed by atoms with Gasteiger partial charge in [-0.3, -0.25) is 9.67 Å². The lowest BCUT2D eigenvalue weighted by atomic mass is 10.2. The average molecular weight is 348 g/mol. The number of sulfonamides is 1. The number of nitrogens with one attached hydrogen (secondary N) is 1. The molecule has 2 rings (SSSR count). The number of halogens is 3. The minimum absolute atomic E-state index is 0.0490. The second kappa shape index (κ2) is 6.67. The van der Waals surface area contributed by atoms with Crippen molar-refractivity contribution < 1.29 is 21.6 Å². The van der Waals surface area contributed by atoms with E-state index < -0.39 is 21.9 Å². The van der Waals surface area contributed by atoms with Crippen molar-refractivity contribution in [1.29, 1.82) is 0 Å². The third-order valence-corrected chi connectivity index (χ3v) is 4.43. The molecule has 0 saturated heterocycles. The summed E-state index contributed by atoms with van der Waals surface area (Å²) in [6, 6.07) is 3.28. The summed E-state index contributed by atoms with van der Waals surface area (Å²) in [6.45, 7) is 2.47. The monoisotopic (exact) mass is 348 g/mol. The fraction of sp³-hybridized carbons (Fsp3) is 0.385. The van der Waals surface area contributed by atoms with E-state index >= 15 is 0 Å². The van der Waals surface area contributed by atoms with Crippen LogP contribution in [-0.4, -0.2) is 29.7 Å². The van der Waals surface area contributed by atoms with E-state index in [0.717, 1.165) is 6.07 Å². The molecule has 6 nitrogen and oxygen atoms in total. The van der Waals surface area contributed by atoms with E-state index in [1.807, 2.05) is 6.92 Å². The van der Waals surface area contributed by atoms with Crippen LogP contribution < -0.4 is 4.72 Å². The first-order chi connectivity index (χ1) is 10.7. The first kappa shape index (κ1) is 17.4. The molecule has 0 aliphatic heterocycles. The predicted octanol–water partition coefficient (Wildman–Crippen LogP) is 1.91. The number of rotatable bonds is 6. The normalized spacial score (nSPS) is 13.9. The number of pyridine rings is 1. The van der Waals surface area contributed by atoms with Gasteiger partial charge in [-0.2, -0.15) is 18.3 Å². The zero-order valence-corrected chi connectivity index (χ0v) is 13.0. The highest BCUT2D eigenvalue weighted by atomic mass is 32.2. The molecule has 1 atom stereocenters. The van der Waals surface area contributed by atoms with Gasteiger partial charge in [0.2, 0.25) is 10.0 Å². The zero-order valence-electron chi connectivity index (χ0n) is 12.2. The van der Waals surface area contributed by atoms with Crippen LogP contribution in [0.15, 0.2) is 41.7 Å². The summed E-state index contributed by atoms with van der Waals surface area (Å²) in [6.07, 6.45) is -0.535. The lowest BCUT2D eigenvalue weighted by Crippen LogP contribution is -2.30. The Bertz CT molecular complexity index is 728. The van der Waals surface area contributed by atoms with E-state index in [0.29, 0.717) is 18.8 Å². The van der Waals surface area contributed by atoms with Crippen LogP contribution in [0.25, 0.3) is 0 Å². The van der Waals surface area contributed by atoms with Gasteiger partial charge in [-0.05, 0) is 24.1 Å². The first-order valence-corrected chi connectivity index (χ1v) is 8.17. The fourth-order valence-electron chi connectivity index (χ4n) is 1.83. The van der Waals surface area contributed by atoms with Gasteiger partial charge in [0.05, 0.1) is 0 Å². The van der Waals surface area contributed by atoms with Crippen molar-refractivity contribution >= 4 is 10.0 Å². The van der Waals surface area contributed by atoms with E-state index in [-0.39, 0.29) is 17.4 Å². The Morgan fingerprint density at radius 3 is 2.61 bits per heavy atom. The van der Waals surface area contributed by atoms with Gasteiger partial charge in [0, 0.05) is 31.7 Å². The topological polar surface area (TPSA) is 76.9 Å². The molecular weight excluding hydrogens is 333 g/mol. The van der Waals surface area contributed by atoms with Crippen LogP contribution in [-0.2, 0) is 22.7 Å². The molecule has 0 bridgehead atoms. The molecule has 2 aromatic heterocycles. The fourth-order valence-corrected chi connectivity index (χ4v) is 2.94. The molecule has 0 amide bonds. The number of hydrogen-bond donors (Lipinski definition) is 1. The Kier molecular flexibility index (Phi) is 5.05. The molecule has 2 aromatic rings. The SMILES string of the molecule is CC(CNS(=O)(=O)c1ccc(C(F)(F)F)nc1)Cn1cccn1. The molecular formula is C13H15F3N4O2S. The summed E-state index contributed by atoms with van der Waals surface area (Å²) in [4.78, 5) is 2.84. The van der Waals surface area contributed by atoms with Gasteiger partial charge < -0.3 is 0 Å². The molecule has 126 valence electrons. The maximum atomic E-state index is 12.4. The van der Waals surface area contributed by atoms with Crippen molar-refractivity contribution in [2.75, 3.05) is 6.54 Å². The van der Waals surface area contributed by atoms with Crippen molar-refractivity contribution in [3.63, 3.8) is 0 Å². The van der Waals surface area contributed by atoms with Crippen molar-refractivity contribution in [2.45, 2.75) is 24.5 Å². The standard InChI is InChI=1S/C13H15F3N4O2S/c1-10(9-20-6-2-5-18-20)7-19-23(21,22)11-3-4-12(17-8-11)13(14,15)16/h2-6,8,10,19H,7,9H2,1H3. The van der Waals surface area contributed by atoms with E-state index in [4.69, 9.17) is 0 Å². The quantitative estimate of drug-likeness (QED) is 0.865. The number of nitrogens with zero attached hydrogens (tertiary/aromatic N) is 3. The molecule has 1 N–H and O–H groups in total. The van der Waals surface area contributed by atoms with Crippen LogP contribution in [0.4, 0.5) is 13.2 Å². The Morgan fingerprint density at radius 2 is 2.09 bits per heavy atom. The molecule has 0 aliphatic rings. The Morgan fingerprint density at radius 1 is 1.35 bits per heavy atom. The molecule has 10 heteroatoms. The van der Waals surface area contributed by atoms with Crippen molar-refractivity contribution in [2.24, 2.45) is 5.92 Å². The van der Waals surface area contributed by atoms with E-state index in [1.54, 1.807) is 23.1 Å². The summed E-state index contributed by atoms with van der Waals surface area (Å²) in [5, 5.41) is 4.01. The van der Waals surface area contributed by atoms with Gasteiger partial charge in [0.25, 0.3) is 0 Å². The summed E-state index contributed by atoms with van der Waals surface area (Å²) >= 11 is 0. The molecule has 0 saturated carbocycles. The Labute approximate surface area is 131 Å². The van der Waals surface area contributed by atoms with Crippen LogP contribution in [0, 0.1) is 5.92 Å². The largest absolute Gasteiger partial charge is 0.433 e. The third-order valence-electron chi connectivity index (χ3n) is 3.02. The van der Waals surface area contributed by atoms with Crippen molar-refractivity contribution in [1.82, 2.24) is 19.5 Å². The Balaban J connectivity index is 1.98. The van der Waals surface area contributed by atoms with Crippen LogP contribution in [0.2, 0.25) is 0 Å². The smallest absolute Gasteiger partial charge is 0.272 e. The molecule has 0 aromatic carbocycles. The van der Waals surface area contributed by atoms with E-state index in [1.165, 1.54) is 0 Å². The van der Waals surface area contributed by atoms with Gasteiger partial charge in [-0.15, -0.1) is 0 Å². The lowest BCUT2D eigenvalue weighted by molar-refractivity contribution is -0.141. The highest BCUT2D eigenvalue weighted by Crippen LogP contribution is 2.27. The Hall–Kier alpha value is -1.94. The first-order valence-electron chi connectivity index (χ1n) is 6.69. The molecule has 1 unspecified atom stereocenters. The second-order valence-corrected chi connectivity index (χ2v) is 6.83. The number of alkyl halides is 3. The molecule has 0 radical (unpaired) electrons. The van der Waals surface area contributed by atoms with E-state index in [2.05, 4.69) is 14.8 Å². The van der Waals surface area contributed by atoms with Crippen LogP contribution in [0.3, 0.4) is 0 Å². The summed E-state index contributed by atoms with van der Waals surface area (Å²) in [5.74, 6) is -0.0490. The molecule has 0 spiro atoms. The van der Waals surface area contributed by atoms with Crippen LogP contribution in [0.1, 0.15) is 12.6 Å². The maximum Gasteiger partial charge on any atom is 0.433 e. The molecule has 0 aliphatic carbocycles. The molecule has 0 fully saturated rings. The van der Waals surface area contributed by atoms with Gasteiger partial charge in [-0.1, -0.05) is 6.92 Å². The maximum absolute atomic E-state index is 12.4.